The average molecular weight is 238 g/mol. The van der Waals surface area contributed by atoms with Crippen LogP contribution in [-0.4, -0.2) is 23.8 Å². The maximum Gasteiger partial charge on any atom is 0.0693 e. The van der Waals surface area contributed by atoms with E-state index in [-0.39, 0.29) is 17.6 Å². The molecule has 0 amide bonds. The summed E-state index contributed by atoms with van der Waals surface area (Å²) in [6.45, 7) is 5.25. The van der Waals surface area contributed by atoms with Crippen molar-refractivity contribution in [3.05, 3.63) is 0 Å². The Hall–Kier alpha value is -0.590. The number of nitriles is 1. The van der Waals surface area contributed by atoms with E-state index in [0.717, 1.165) is 32.2 Å². The van der Waals surface area contributed by atoms with Gasteiger partial charge < -0.3 is 10.4 Å². The fraction of sp³-hybridized carbons (Fsp3) is 0.929. The monoisotopic (exact) mass is 238 g/mol. The minimum absolute atomic E-state index is 0.141. The molecule has 3 nitrogen and oxygen atoms in total. The Morgan fingerprint density at radius 1 is 1.29 bits per heavy atom. The minimum Gasteiger partial charge on any atom is -0.392 e. The molecular formula is C14H26N2O. The van der Waals surface area contributed by atoms with Gasteiger partial charge in [-0.2, -0.15) is 5.26 Å². The van der Waals surface area contributed by atoms with Crippen molar-refractivity contribution in [1.29, 1.82) is 5.26 Å². The first-order valence-corrected chi connectivity index (χ1v) is 6.83. The number of nitrogens with zero attached hydrogens (tertiary/aromatic N) is 1. The van der Waals surface area contributed by atoms with Gasteiger partial charge >= 0.3 is 0 Å². The van der Waals surface area contributed by atoms with Crippen LogP contribution in [-0.2, 0) is 0 Å². The quantitative estimate of drug-likeness (QED) is 0.724. The molecule has 1 aliphatic rings. The van der Waals surface area contributed by atoms with E-state index in [2.05, 4.69) is 25.2 Å². The van der Waals surface area contributed by atoms with Crippen LogP contribution in [0.4, 0.5) is 0 Å². The number of aliphatic hydroxyl groups excluding tert-OH is 1. The van der Waals surface area contributed by atoms with Gasteiger partial charge in [-0.15, -0.1) is 0 Å². The van der Waals surface area contributed by atoms with Crippen LogP contribution in [0.15, 0.2) is 0 Å². The number of rotatable bonds is 5. The number of nitrogens with one attached hydrogen (secondary N) is 1. The third-order valence-corrected chi connectivity index (χ3v) is 3.74. The topological polar surface area (TPSA) is 56.0 Å². The molecule has 17 heavy (non-hydrogen) atoms. The first kappa shape index (κ1) is 14.5. The molecule has 0 aromatic carbocycles. The van der Waals surface area contributed by atoms with E-state index in [9.17, 15) is 5.11 Å². The van der Waals surface area contributed by atoms with Gasteiger partial charge in [0.1, 0.15) is 0 Å². The van der Waals surface area contributed by atoms with Gasteiger partial charge in [-0.25, -0.2) is 0 Å². The molecule has 0 aromatic heterocycles. The highest BCUT2D eigenvalue weighted by Crippen LogP contribution is 2.23. The van der Waals surface area contributed by atoms with E-state index in [1.54, 1.807) is 0 Å². The zero-order chi connectivity index (χ0) is 12.7. The lowest BCUT2D eigenvalue weighted by Gasteiger charge is -2.29. The van der Waals surface area contributed by atoms with Gasteiger partial charge in [-0.05, 0) is 24.7 Å². The van der Waals surface area contributed by atoms with Crippen molar-refractivity contribution in [1.82, 2.24) is 5.32 Å². The van der Waals surface area contributed by atoms with Crippen LogP contribution in [0.3, 0.4) is 0 Å². The normalized spacial score (nSPS) is 26.2. The second-order valence-electron chi connectivity index (χ2n) is 6.02. The molecule has 2 atom stereocenters. The molecule has 0 bridgehead atoms. The van der Waals surface area contributed by atoms with Crippen molar-refractivity contribution < 1.29 is 5.11 Å². The summed E-state index contributed by atoms with van der Waals surface area (Å²) in [6.07, 6.45) is 6.95. The van der Waals surface area contributed by atoms with Crippen LogP contribution in [0.2, 0.25) is 0 Å². The standard InChI is InChI=1S/C14H26N2O/c1-14(2,9-6-10-15)11-16-12-7-4-3-5-8-13(12)17/h12-13,16-17H,3-9,11H2,1-2H3. The Balaban J connectivity index is 2.35. The molecule has 1 rings (SSSR count). The van der Waals surface area contributed by atoms with E-state index in [4.69, 9.17) is 5.26 Å². The molecule has 1 aliphatic carbocycles. The lowest BCUT2D eigenvalue weighted by atomic mass is 9.87. The molecule has 0 radical (unpaired) electrons. The van der Waals surface area contributed by atoms with Gasteiger partial charge in [0, 0.05) is 19.0 Å². The van der Waals surface area contributed by atoms with Crippen molar-refractivity contribution in [2.75, 3.05) is 6.54 Å². The summed E-state index contributed by atoms with van der Waals surface area (Å²) in [5.41, 5.74) is 0.141. The molecular weight excluding hydrogens is 212 g/mol. The Bertz CT molecular complexity index is 257. The van der Waals surface area contributed by atoms with Crippen molar-refractivity contribution in [2.45, 2.75) is 70.9 Å². The molecule has 0 spiro atoms. The smallest absolute Gasteiger partial charge is 0.0693 e. The lowest BCUT2D eigenvalue weighted by Crippen LogP contribution is -2.43. The molecule has 2 unspecified atom stereocenters. The predicted molar refractivity (Wildman–Crippen MR) is 69.5 cm³/mol. The largest absolute Gasteiger partial charge is 0.392 e. The van der Waals surface area contributed by atoms with Crippen molar-refractivity contribution in [3.8, 4) is 6.07 Å². The maximum absolute atomic E-state index is 10.0. The van der Waals surface area contributed by atoms with E-state index in [1.165, 1.54) is 12.8 Å². The zero-order valence-electron chi connectivity index (χ0n) is 11.2. The molecule has 3 heteroatoms. The summed E-state index contributed by atoms with van der Waals surface area (Å²) in [5.74, 6) is 0. The van der Waals surface area contributed by atoms with Crippen LogP contribution in [0.1, 0.15) is 58.8 Å². The van der Waals surface area contributed by atoms with Crippen LogP contribution in [0.25, 0.3) is 0 Å². The summed E-state index contributed by atoms with van der Waals surface area (Å²) in [4.78, 5) is 0. The third kappa shape index (κ3) is 5.52. The Morgan fingerprint density at radius 2 is 2.00 bits per heavy atom. The molecule has 1 fully saturated rings. The second-order valence-corrected chi connectivity index (χ2v) is 6.02. The highest BCUT2D eigenvalue weighted by Gasteiger charge is 2.24. The van der Waals surface area contributed by atoms with Gasteiger partial charge in [0.25, 0.3) is 0 Å². The van der Waals surface area contributed by atoms with Crippen LogP contribution in [0, 0.1) is 16.7 Å². The van der Waals surface area contributed by atoms with Gasteiger partial charge in [0.05, 0.1) is 12.2 Å². The summed E-state index contributed by atoms with van der Waals surface area (Å²) in [5, 5.41) is 22.1. The molecule has 0 saturated heterocycles. The molecule has 0 aliphatic heterocycles. The number of hydrogen-bond donors (Lipinski definition) is 2. The van der Waals surface area contributed by atoms with Gasteiger partial charge in [-0.3, -0.25) is 0 Å². The molecule has 1 saturated carbocycles. The first-order valence-electron chi connectivity index (χ1n) is 6.83. The highest BCUT2D eigenvalue weighted by atomic mass is 16.3. The predicted octanol–water partition coefficient (Wildman–Crippen LogP) is 2.60. The van der Waals surface area contributed by atoms with Crippen molar-refractivity contribution in [2.24, 2.45) is 5.41 Å². The number of aliphatic hydroxyl groups is 1. The summed E-state index contributed by atoms with van der Waals surface area (Å²) >= 11 is 0. The van der Waals surface area contributed by atoms with Crippen LogP contribution in [0.5, 0.6) is 0 Å². The fourth-order valence-corrected chi connectivity index (χ4v) is 2.42. The Kier molecular flexibility index (Phi) is 5.94. The molecule has 0 aromatic rings. The first-order chi connectivity index (χ1) is 8.05. The molecule has 98 valence electrons. The second kappa shape index (κ2) is 6.98. The summed E-state index contributed by atoms with van der Waals surface area (Å²) in [7, 11) is 0. The molecule has 0 heterocycles. The third-order valence-electron chi connectivity index (χ3n) is 3.74. The number of hydrogen-bond acceptors (Lipinski definition) is 3. The maximum atomic E-state index is 10.0. The zero-order valence-corrected chi connectivity index (χ0v) is 11.2. The van der Waals surface area contributed by atoms with Crippen LogP contribution < -0.4 is 5.32 Å². The van der Waals surface area contributed by atoms with E-state index >= 15 is 0 Å². The summed E-state index contributed by atoms with van der Waals surface area (Å²) < 4.78 is 0. The van der Waals surface area contributed by atoms with Gasteiger partial charge in [0.2, 0.25) is 0 Å². The van der Waals surface area contributed by atoms with E-state index in [0.29, 0.717) is 6.42 Å². The molecule has 2 N–H and O–H groups in total. The van der Waals surface area contributed by atoms with Crippen molar-refractivity contribution >= 4 is 0 Å². The minimum atomic E-state index is -0.190. The Morgan fingerprint density at radius 3 is 2.71 bits per heavy atom. The van der Waals surface area contributed by atoms with Crippen LogP contribution >= 0.6 is 0 Å². The average Bonchev–Trinajstić information content (AvgIpc) is 2.49. The van der Waals surface area contributed by atoms with E-state index in [1.807, 2.05) is 0 Å². The fourth-order valence-electron chi connectivity index (χ4n) is 2.42. The van der Waals surface area contributed by atoms with Gasteiger partial charge in [-0.1, -0.05) is 33.1 Å². The summed E-state index contributed by atoms with van der Waals surface area (Å²) in [6, 6.07) is 2.45. The highest BCUT2D eigenvalue weighted by molar-refractivity contribution is 4.84. The SMILES string of the molecule is CC(C)(CCC#N)CNC1CCCCCC1O. The van der Waals surface area contributed by atoms with E-state index < -0.39 is 0 Å². The van der Waals surface area contributed by atoms with Crippen molar-refractivity contribution in [3.63, 3.8) is 0 Å². The van der Waals surface area contributed by atoms with Gasteiger partial charge in [0.15, 0.2) is 0 Å². The Labute approximate surface area is 105 Å². The lowest BCUT2D eigenvalue weighted by molar-refractivity contribution is 0.113.